The molecule has 0 aliphatic carbocycles. The fraction of sp³-hybridized carbons (Fsp3) is 0.250. The quantitative estimate of drug-likeness (QED) is 0.740. The number of benzene rings is 1. The summed E-state index contributed by atoms with van der Waals surface area (Å²) in [6.07, 6.45) is 1.00. The Labute approximate surface area is 83.9 Å². The summed E-state index contributed by atoms with van der Waals surface area (Å²) < 4.78 is 0. The lowest BCUT2D eigenvalue weighted by molar-refractivity contribution is -0.114. The molecule has 0 fully saturated rings. The predicted octanol–water partition coefficient (Wildman–Crippen LogP) is 2.04. The van der Waals surface area contributed by atoms with E-state index in [2.05, 4.69) is 0 Å². The Bertz CT molecular complexity index is 337. The molecule has 0 spiro atoms. The number of hydrogen-bond donors (Lipinski definition) is 1. The molecule has 0 aromatic heterocycles. The average molecular weight is 190 g/mol. The van der Waals surface area contributed by atoms with Gasteiger partial charge in [-0.25, -0.2) is 0 Å². The van der Waals surface area contributed by atoms with E-state index in [1.54, 1.807) is 13.0 Å². The standard InChI is InChI=1S/C12H14O2/c1-9(13)12(10(2)14)8-11-6-4-3-5-7-11/h3-9,13H,1-2H3/b12-8-/t9-/m0/s1. The fourth-order valence-electron chi connectivity index (χ4n) is 1.25. The molecule has 1 aromatic rings. The zero-order valence-corrected chi connectivity index (χ0v) is 8.40. The van der Waals surface area contributed by atoms with Crippen LogP contribution in [0.3, 0.4) is 0 Å². The minimum atomic E-state index is -0.715. The maximum Gasteiger partial charge on any atom is 0.158 e. The van der Waals surface area contributed by atoms with Gasteiger partial charge in [-0.2, -0.15) is 0 Å². The number of hydrogen-bond acceptors (Lipinski definition) is 2. The molecule has 0 unspecified atom stereocenters. The molecule has 0 heterocycles. The highest BCUT2D eigenvalue weighted by Crippen LogP contribution is 2.10. The number of aliphatic hydroxyl groups is 1. The van der Waals surface area contributed by atoms with E-state index in [1.165, 1.54) is 6.92 Å². The van der Waals surface area contributed by atoms with Gasteiger partial charge >= 0.3 is 0 Å². The summed E-state index contributed by atoms with van der Waals surface area (Å²) in [5, 5.41) is 9.35. The highest BCUT2D eigenvalue weighted by Gasteiger charge is 2.09. The van der Waals surface area contributed by atoms with Crippen molar-refractivity contribution in [1.29, 1.82) is 0 Å². The van der Waals surface area contributed by atoms with Crippen LogP contribution < -0.4 is 0 Å². The maximum absolute atomic E-state index is 11.2. The van der Waals surface area contributed by atoms with Crippen LogP contribution in [0.4, 0.5) is 0 Å². The van der Waals surface area contributed by atoms with Gasteiger partial charge in [-0.05, 0) is 25.5 Å². The van der Waals surface area contributed by atoms with Crippen LogP contribution in [0.25, 0.3) is 6.08 Å². The number of ketones is 1. The van der Waals surface area contributed by atoms with Crippen molar-refractivity contribution in [2.75, 3.05) is 0 Å². The third-order valence-corrected chi connectivity index (χ3v) is 1.98. The summed E-state index contributed by atoms with van der Waals surface area (Å²) in [5.74, 6) is -0.0937. The summed E-state index contributed by atoms with van der Waals surface area (Å²) >= 11 is 0. The Balaban J connectivity index is 3.00. The molecule has 0 saturated heterocycles. The van der Waals surface area contributed by atoms with Gasteiger partial charge in [-0.15, -0.1) is 0 Å². The second-order valence-electron chi connectivity index (χ2n) is 3.24. The third kappa shape index (κ3) is 2.82. The molecule has 1 atom stereocenters. The summed E-state index contributed by atoms with van der Waals surface area (Å²) in [6.45, 7) is 3.05. The van der Waals surface area contributed by atoms with Crippen molar-refractivity contribution in [1.82, 2.24) is 0 Å². The van der Waals surface area contributed by atoms with E-state index in [9.17, 15) is 9.90 Å². The second-order valence-corrected chi connectivity index (χ2v) is 3.24. The Morgan fingerprint density at radius 1 is 1.36 bits per heavy atom. The van der Waals surface area contributed by atoms with Crippen molar-refractivity contribution in [2.24, 2.45) is 0 Å². The maximum atomic E-state index is 11.2. The molecule has 0 aliphatic heterocycles. The molecule has 0 amide bonds. The molecule has 0 saturated carbocycles. The van der Waals surface area contributed by atoms with Crippen molar-refractivity contribution in [2.45, 2.75) is 20.0 Å². The van der Waals surface area contributed by atoms with E-state index >= 15 is 0 Å². The molecule has 1 aromatic carbocycles. The molecule has 1 rings (SSSR count). The molecule has 1 N–H and O–H groups in total. The first-order chi connectivity index (χ1) is 6.61. The lowest BCUT2D eigenvalue weighted by atomic mass is 10.0. The van der Waals surface area contributed by atoms with Gasteiger partial charge in [0.2, 0.25) is 0 Å². The molecule has 2 heteroatoms. The van der Waals surface area contributed by atoms with Crippen molar-refractivity contribution in [3.63, 3.8) is 0 Å². The molecular formula is C12H14O2. The molecule has 0 aliphatic rings. The summed E-state index contributed by atoms with van der Waals surface area (Å²) in [7, 11) is 0. The van der Waals surface area contributed by atoms with Crippen LogP contribution in [-0.2, 0) is 4.79 Å². The molecule has 74 valence electrons. The van der Waals surface area contributed by atoms with E-state index in [1.807, 2.05) is 30.3 Å². The van der Waals surface area contributed by atoms with E-state index in [0.717, 1.165) is 5.56 Å². The lowest BCUT2D eigenvalue weighted by Gasteiger charge is -2.06. The molecular weight excluding hydrogens is 176 g/mol. The highest BCUT2D eigenvalue weighted by molar-refractivity contribution is 5.98. The van der Waals surface area contributed by atoms with E-state index in [0.29, 0.717) is 5.57 Å². The molecule has 14 heavy (non-hydrogen) atoms. The number of carbonyl (C=O) groups is 1. The topological polar surface area (TPSA) is 37.3 Å². The van der Waals surface area contributed by atoms with Crippen molar-refractivity contribution >= 4 is 11.9 Å². The van der Waals surface area contributed by atoms with Crippen LogP contribution in [0, 0.1) is 0 Å². The largest absolute Gasteiger partial charge is 0.389 e. The van der Waals surface area contributed by atoms with Crippen LogP contribution in [0.2, 0.25) is 0 Å². The van der Waals surface area contributed by atoms with Crippen LogP contribution in [0.15, 0.2) is 35.9 Å². The number of carbonyl (C=O) groups excluding carboxylic acids is 1. The predicted molar refractivity (Wildman–Crippen MR) is 56.8 cm³/mol. The SMILES string of the molecule is CC(=O)/C(=C\c1ccccc1)[C@H](C)O. The zero-order chi connectivity index (χ0) is 10.6. The monoisotopic (exact) mass is 190 g/mol. The van der Waals surface area contributed by atoms with Crippen LogP contribution in [0.1, 0.15) is 19.4 Å². The minimum Gasteiger partial charge on any atom is -0.389 e. The summed E-state index contributed by atoms with van der Waals surface area (Å²) in [4.78, 5) is 11.2. The number of Topliss-reactive ketones (excluding diaryl/α,β-unsaturated/α-hetero) is 1. The first kappa shape index (κ1) is 10.7. The van der Waals surface area contributed by atoms with Crippen molar-refractivity contribution < 1.29 is 9.90 Å². The zero-order valence-electron chi connectivity index (χ0n) is 8.40. The fourth-order valence-corrected chi connectivity index (χ4v) is 1.25. The number of rotatable bonds is 3. The Morgan fingerprint density at radius 3 is 2.36 bits per heavy atom. The van der Waals surface area contributed by atoms with Crippen LogP contribution in [0.5, 0.6) is 0 Å². The first-order valence-corrected chi connectivity index (χ1v) is 4.57. The van der Waals surface area contributed by atoms with Gasteiger partial charge in [0, 0.05) is 5.57 Å². The van der Waals surface area contributed by atoms with Crippen LogP contribution >= 0.6 is 0 Å². The third-order valence-electron chi connectivity index (χ3n) is 1.98. The Morgan fingerprint density at radius 2 is 1.93 bits per heavy atom. The van der Waals surface area contributed by atoms with Gasteiger partial charge in [0.1, 0.15) is 0 Å². The Kier molecular flexibility index (Phi) is 3.60. The lowest BCUT2D eigenvalue weighted by Crippen LogP contribution is -2.11. The van der Waals surface area contributed by atoms with Crippen molar-refractivity contribution in [3.8, 4) is 0 Å². The van der Waals surface area contributed by atoms with Crippen molar-refractivity contribution in [3.05, 3.63) is 41.5 Å². The van der Waals surface area contributed by atoms with E-state index < -0.39 is 6.10 Å². The van der Waals surface area contributed by atoms with Gasteiger partial charge in [0.25, 0.3) is 0 Å². The summed E-state index contributed by atoms with van der Waals surface area (Å²) in [6, 6.07) is 9.49. The van der Waals surface area contributed by atoms with Gasteiger partial charge in [0.05, 0.1) is 6.10 Å². The normalized spacial score (nSPS) is 13.8. The molecule has 2 nitrogen and oxygen atoms in total. The van der Waals surface area contributed by atoms with Crippen LogP contribution in [-0.4, -0.2) is 17.0 Å². The average Bonchev–Trinajstić information content (AvgIpc) is 2.15. The minimum absolute atomic E-state index is 0.0937. The van der Waals surface area contributed by atoms with E-state index in [-0.39, 0.29) is 5.78 Å². The van der Waals surface area contributed by atoms with E-state index in [4.69, 9.17) is 0 Å². The highest BCUT2D eigenvalue weighted by atomic mass is 16.3. The van der Waals surface area contributed by atoms with Gasteiger partial charge in [-0.3, -0.25) is 4.79 Å². The first-order valence-electron chi connectivity index (χ1n) is 4.57. The molecule has 0 bridgehead atoms. The smallest absolute Gasteiger partial charge is 0.158 e. The summed E-state index contributed by atoms with van der Waals surface area (Å²) in [5.41, 5.74) is 1.37. The van der Waals surface area contributed by atoms with Gasteiger partial charge in [-0.1, -0.05) is 30.3 Å². The van der Waals surface area contributed by atoms with Gasteiger partial charge < -0.3 is 5.11 Å². The number of aliphatic hydroxyl groups excluding tert-OH is 1. The molecule has 0 radical (unpaired) electrons. The van der Waals surface area contributed by atoms with Gasteiger partial charge in [0.15, 0.2) is 5.78 Å². The second kappa shape index (κ2) is 4.72. The Hall–Kier alpha value is -1.41.